The number of aromatic nitrogens is 2. The standard InChI is InChI=1S/C23H27N3O/c1-25-23(18-9-10-18)20(14-24-25)15-26-11-12-27-21(16-26)13-19-7-4-6-17-5-2-3-8-22(17)19/h2-8,14,18,21H,9-13,15-16H2,1H3/t21-/m0/s1. The van der Waals surface area contributed by atoms with Gasteiger partial charge in [0.05, 0.1) is 18.9 Å². The Balaban J connectivity index is 1.30. The SMILES string of the molecule is Cn1ncc(CN2CCO[C@@H](Cc3cccc4ccccc34)C2)c1C1CC1. The topological polar surface area (TPSA) is 30.3 Å². The fourth-order valence-electron chi connectivity index (χ4n) is 4.50. The number of nitrogens with zero attached hydrogens (tertiary/aromatic N) is 3. The van der Waals surface area contributed by atoms with Crippen LogP contribution < -0.4 is 0 Å². The smallest absolute Gasteiger partial charge is 0.0743 e. The Labute approximate surface area is 160 Å². The molecule has 0 radical (unpaired) electrons. The van der Waals surface area contributed by atoms with Crippen LogP contribution in [-0.4, -0.2) is 40.5 Å². The van der Waals surface area contributed by atoms with Crippen LogP contribution in [0.1, 0.15) is 35.6 Å². The fraction of sp³-hybridized carbons (Fsp3) is 0.435. The van der Waals surface area contributed by atoms with Gasteiger partial charge in [-0.15, -0.1) is 0 Å². The van der Waals surface area contributed by atoms with Gasteiger partial charge in [0.1, 0.15) is 0 Å². The molecule has 140 valence electrons. The second kappa shape index (κ2) is 7.10. The van der Waals surface area contributed by atoms with E-state index in [0.29, 0.717) is 0 Å². The molecule has 2 heterocycles. The molecular weight excluding hydrogens is 334 g/mol. The van der Waals surface area contributed by atoms with Crippen molar-refractivity contribution < 1.29 is 4.74 Å². The summed E-state index contributed by atoms with van der Waals surface area (Å²) in [5, 5.41) is 7.19. The lowest BCUT2D eigenvalue weighted by Gasteiger charge is -2.33. The van der Waals surface area contributed by atoms with Crippen molar-refractivity contribution in [2.75, 3.05) is 19.7 Å². The Hall–Kier alpha value is -2.17. The Morgan fingerprint density at radius 3 is 2.81 bits per heavy atom. The highest BCUT2D eigenvalue weighted by atomic mass is 16.5. The van der Waals surface area contributed by atoms with Gasteiger partial charge in [0.25, 0.3) is 0 Å². The first-order chi connectivity index (χ1) is 13.3. The highest BCUT2D eigenvalue weighted by Crippen LogP contribution is 2.41. The van der Waals surface area contributed by atoms with E-state index in [9.17, 15) is 0 Å². The third-order valence-electron chi connectivity index (χ3n) is 5.97. The van der Waals surface area contributed by atoms with Crippen molar-refractivity contribution in [2.24, 2.45) is 7.05 Å². The van der Waals surface area contributed by atoms with E-state index in [1.54, 1.807) is 0 Å². The lowest BCUT2D eigenvalue weighted by molar-refractivity contribution is -0.0304. The summed E-state index contributed by atoms with van der Waals surface area (Å²) in [4.78, 5) is 2.54. The molecule has 0 bridgehead atoms. The van der Waals surface area contributed by atoms with Gasteiger partial charge >= 0.3 is 0 Å². The van der Waals surface area contributed by atoms with Gasteiger partial charge in [0.15, 0.2) is 0 Å². The van der Waals surface area contributed by atoms with E-state index in [2.05, 4.69) is 70.4 Å². The quantitative estimate of drug-likeness (QED) is 0.691. The summed E-state index contributed by atoms with van der Waals surface area (Å²) in [6, 6.07) is 15.2. The van der Waals surface area contributed by atoms with Crippen molar-refractivity contribution in [3.63, 3.8) is 0 Å². The molecule has 3 aromatic rings. The van der Waals surface area contributed by atoms with Gasteiger partial charge < -0.3 is 4.74 Å². The summed E-state index contributed by atoms with van der Waals surface area (Å²) in [7, 11) is 2.08. The summed E-state index contributed by atoms with van der Waals surface area (Å²) < 4.78 is 8.22. The van der Waals surface area contributed by atoms with Gasteiger partial charge in [-0.2, -0.15) is 5.10 Å². The first-order valence-electron chi connectivity index (χ1n) is 10.1. The third-order valence-corrected chi connectivity index (χ3v) is 5.97. The zero-order valence-electron chi connectivity index (χ0n) is 16.0. The molecule has 2 fully saturated rings. The van der Waals surface area contributed by atoms with Gasteiger partial charge in [-0.1, -0.05) is 42.5 Å². The number of aryl methyl sites for hydroxylation is 1. The van der Waals surface area contributed by atoms with E-state index < -0.39 is 0 Å². The zero-order valence-corrected chi connectivity index (χ0v) is 16.0. The van der Waals surface area contributed by atoms with Gasteiger partial charge in [0.2, 0.25) is 0 Å². The Morgan fingerprint density at radius 1 is 1.07 bits per heavy atom. The van der Waals surface area contributed by atoms with Crippen molar-refractivity contribution >= 4 is 10.8 Å². The summed E-state index contributed by atoms with van der Waals surface area (Å²) in [6.45, 7) is 3.80. The number of rotatable bonds is 5. The maximum Gasteiger partial charge on any atom is 0.0743 e. The van der Waals surface area contributed by atoms with Crippen molar-refractivity contribution in [1.82, 2.24) is 14.7 Å². The number of benzene rings is 2. The largest absolute Gasteiger partial charge is 0.375 e. The molecule has 0 amide bonds. The minimum Gasteiger partial charge on any atom is -0.375 e. The second-order valence-corrected chi connectivity index (χ2v) is 8.02. The van der Waals surface area contributed by atoms with Crippen LogP contribution in [0.4, 0.5) is 0 Å². The monoisotopic (exact) mass is 361 g/mol. The van der Waals surface area contributed by atoms with Crippen LogP contribution in [0.25, 0.3) is 10.8 Å². The van der Waals surface area contributed by atoms with E-state index in [-0.39, 0.29) is 6.10 Å². The maximum atomic E-state index is 6.13. The molecule has 1 saturated carbocycles. The number of fused-ring (bicyclic) bond motifs is 1. The van der Waals surface area contributed by atoms with Crippen LogP contribution in [0, 0.1) is 0 Å². The first-order valence-corrected chi connectivity index (χ1v) is 10.1. The molecule has 1 aliphatic carbocycles. The van der Waals surface area contributed by atoms with Gasteiger partial charge in [-0.3, -0.25) is 9.58 Å². The molecule has 5 rings (SSSR count). The van der Waals surface area contributed by atoms with Gasteiger partial charge in [0, 0.05) is 50.3 Å². The van der Waals surface area contributed by atoms with Crippen LogP contribution in [0.15, 0.2) is 48.7 Å². The third kappa shape index (κ3) is 3.52. The van der Waals surface area contributed by atoms with Crippen LogP contribution >= 0.6 is 0 Å². The number of hydrogen-bond acceptors (Lipinski definition) is 3. The molecule has 1 aromatic heterocycles. The average molecular weight is 361 g/mol. The number of ether oxygens (including phenoxy) is 1. The molecule has 1 atom stereocenters. The minimum atomic E-state index is 0.255. The Kier molecular flexibility index (Phi) is 4.46. The van der Waals surface area contributed by atoms with Gasteiger partial charge in [-0.05, 0) is 29.2 Å². The molecule has 4 heteroatoms. The van der Waals surface area contributed by atoms with Gasteiger partial charge in [-0.25, -0.2) is 0 Å². The van der Waals surface area contributed by atoms with Crippen molar-refractivity contribution in [2.45, 2.75) is 37.8 Å². The van der Waals surface area contributed by atoms with Crippen molar-refractivity contribution in [3.05, 3.63) is 65.5 Å². The molecule has 4 nitrogen and oxygen atoms in total. The normalized spacial score (nSPS) is 21.0. The summed E-state index contributed by atoms with van der Waals surface area (Å²) >= 11 is 0. The summed E-state index contributed by atoms with van der Waals surface area (Å²) in [6.07, 6.45) is 5.94. The molecule has 27 heavy (non-hydrogen) atoms. The zero-order chi connectivity index (χ0) is 18.2. The van der Waals surface area contributed by atoms with E-state index >= 15 is 0 Å². The predicted molar refractivity (Wildman–Crippen MR) is 108 cm³/mol. The molecule has 0 spiro atoms. The molecule has 1 aliphatic heterocycles. The summed E-state index contributed by atoms with van der Waals surface area (Å²) in [5.74, 6) is 0.736. The van der Waals surface area contributed by atoms with E-state index in [0.717, 1.165) is 38.6 Å². The summed E-state index contributed by atoms with van der Waals surface area (Å²) in [5.41, 5.74) is 4.25. The van der Waals surface area contributed by atoms with Crippen LogP contribution in [0.3, 0.4) is 0 Å². The molecule has 0 unspecified atom stereocenters. The van der Waals surface area contributed by atoms with E-state index in [1.807, 2.05) is 0 Å². The van der Waals surface area contributed by atoms with Crippen molar-refractivity contribution in [3.8, 4) is 0 Å². The van der Waals surface area contributed by atoms with E-state index in [4.69, 9.17) is 4.74 Å². The maximum absolute atomic E-state index is 6.13. The van der Waals surface area contributed by atoms with E-state index in [1.165, 1.54) is 40.4 Å². The Morgan fingerprint density at radius 2 is 1.93 bits per heavy atom. The first kappa shape index (κ1) is 17.0. The highest BCUT2D eigenvalue weighted by molar-refractivity contribution is 5.85. The van der Waals surface area contributed by atoms with Crippen LogP contribution in [0.2, 0.25) is 0 Å². The highest BCUT2D eigenvalue weighted by Gasteiger charge is 2.30. The lowest BCUT2D eigenvalue weighted by atomic mass is 9.99. The lowest BCUT2D eigenvalue weighted by Crippen LogP contribution is -2.43. The number of morpholine rings is 1. The average Bonchev–Trinajstić information content (AvgIpc) is 3.46. The fourth-order valence-corrected chi connectivity index (χ4v) is 4.50. The molecule has 0 N–H and O–H groups in total. The molecular formula is C23H27N3O. The molecule has 1 saturated heterocycles. The number of hydrogen-bond donors (Lipinski definition) is 0. The second-order valence-electron chi connectivity index (χ2n) is 8.02. The van der Waals surface area contributed by atoms with Crippen molar-refractivity contribution in [1.29, 1.82) is 0 Å². The predicted octanol–water partition coefficient (Wildman–Crippen LogP) is 3.89. The molecule has 2 aromatic carbocycles. The molecule has 2 aliphatic rings. The van der Waals surface area contributed by atoms with Crippen LogP contribution in [-0.2, 0) is 24.8 Å². The minimum absolute atomic E-state index is 0.255. The van der Waals surface area contributed by atoms with Crippen LogP contribution in [0.5, 0.6) is 0 Å². The Bertz CT molecular complexity index is 938.